The number of nitriles is 1. The number of carbonyl (C=O) groups is 1. The molecule has 160 valence electrons. The van der Waals surface area contributed by atoms with Gasteiger partial charge < -0.3 is 4.90 Å². The summed E-state index contributed by atoms with van der Waals surface area (Å²) >= 11 is 2.96. The molecule has 0 aliphatic rings. The second kappa shape index (κ2) is 9.51. The lowest BCUT2D eigenvalue weighted by atomic mass is 10.2. The number of anilines is 2. The van der Waals surface area contributed by atoms with E-state index in [-0.39, 0.29) is 5.69 Å². The summed E-state index contributed by atoms with van der Waals surface area (Å²) in [7, 11) is -3.70. The molecule has 0 aliphatic carbocycles. The first-order chi connectivity index (χ1) is 14.7. The average molecular weight is 473 g/mol. The summed E-state index contributed by atoms with van der Waals surface area (Å²) < 4.78 is 24.9. The second-order valence-electron chi connectivity index (χ2n) is 6.70. The van der Waals surface area contributed by atoms with Crippen LogP contribution in [-0.2, 0) is 16.6 Å². The van der Waals surface area contributed by atoms with E-state index in [1.165, 1.54) is 11.3 Å². The first-order valence-corrected chi connectivity index (χ1v) is 13.0. The molecule has 0 radical (unpaired) electrons. The van der Waals surface area contributed by atoms with Crippen LogP contribution < -0.4 is 9.62 Å². The van der Waals surface area contributed by atoms with E-state index in [4.69, 9.17) is 5.26 Å². The highest BCUT2D eigenvalue weighted by molar-refractivity contribution is 7.98. The third-order valence-electron chi connectivity index (χ3n) is 4.32. The van der Waals surface area contributed by atoms with Crippen LogP contribution >= 0.6 is 23.1 Å². The zero-order chi connectivity index (χ0) is 22.6. The quantitative estimate of drug-likeness (QED) is 0.517. The van der Waals surface area contributed by atoms with Crippen molar-refractivity contribution in [1.29, 1.82) is 5.26 Å². The molecule has 0 fully saturated rings. The van der Waals surface area contributed by atoms with Crippen LogP contribution in [0, 0.1) is 18.3 Å². The third-order valence-corrected chi connectivity index (χ3v) is 6.61. The number of carbonyl (C=O) groups excluding carboxylic acids is 1. The lowest BCUT2D eigenvalue weighted by Crippen LogP contribution is -2.30. The maximum atomic E-state index is 12.4. The van der Waals surface area contributed by atoms with Crippen molar-refractivity contribution < 1.29 is 13.2 Å². The minimum Gasteiger partial charge on any atom is -0.313 e. The normalized spacial score (nSPS) is 11.0. The molecule has 1 heterocycles. The Morgan fingerprint density at radius 3 is 2.39 bits per heavy atom. The van der Waals surface area contributed by atoms with Crippen LogP contribution in [0.15, 0.2) is 53.4 Å². The highest BCUT2D eigenvalue weighted by atomic mass is 32.2. The van der Waals surface area contributed by atoms with E-state index in [2.05, 4.69) is 11.1 Å². The predicted molar refractivity (Wildman–Crippen MR) is 124 cm³/mol. The first kappa shape index (κ1) is 22.8. The van der Waals surface area contributed by atoms with Crippen LogP contribution in [0.1, 0.15) is 26.5 Å². The molecule has 31 heavy (non-hydrogen) atoms. The molecule has 2 aromatic carbocycles. The summed E-state index contributed by atoms with van der Waals surface area (Å²) in [5.74, 6) is -0.758. The van der Waals surface area contributed by atoms with E-state index in [1.807, 2.05) is 52.3 Å². The van der Waals surface area contributed by atoms with Gasteiger partial charge in [0, 0.05) is 15.5 Å². The van der Waals surface area contributed by atoms with Crippen LogP contribution in [0.4, 0.5) is 10.8 Å². The maximum absolute atomic E-state index is 12.4. The third kappa shape index (κ3) is 5.85. The van der Waals surface area contributed by atoms with Crippen molar-refractivity contribution in [3.05, 3.63) is 70.2 Å². The van der Waals surface area contributed by atoms with Gasteiger partial charge in [-0.05, 0) is 55.1 Å². The number of nitrogens with zero attached hydrogens (tertiary/aromatic N) is 3. The number of hydrogen-bond acceptors (Lipinski definition) is 8. The number of thiazole rings is 1. The lowest BCUT2D eigenvalue weighted by molar-refractivity contribution is 0.0977. The van der Waals surface area contributed by atoms with E-state index in [0.717, 1.165) is 22.4 Å². The molecule has 1 amide bonds. The van der Waals surface area contributed by atoms with Crippen LogP contribution in [0.25, 0.3) is 0 Å². The molecule has 1 aromatic heterocycles. The van der Waals surface area contributed by atoms with Gasteiger partial charge >= 0.3 is 0 Å². The average Bonchev–Trinajstić information content (AvgIpc) is 3.13. The summed E-state index contributed by atoms with van der Waals surface area (Å²) in [4.78, 5) is 20.5. The number of aromatic nitrogens is 1. The number of nitrogens with one attached hydrogen (secondary N) is 1. The molecule has 0 unspecified atom stereocenters. The largest absolute Gasteiger partial charge is 0.313 e. The van der Waals surface area contributed by atoms with Crippen molar-refractivity contribution in [2.24, 2.45) is 0 Å². The maximum Gasteiger partial charge on any atom is 0.284 e. The molecule has 0 saturated heterocycles. The standard InChI is InChI=1S/C21H20N4O3S3/c1-14-19(20(26)24-31(3,27)28)23-21(30-14)25(17-8-4-15(12-22)5-9-17)13-16-6-10-18(29-2)11-7-16/h4-11H,13H2,1-3H3,(H,24,26). The molecule has 0 saturated carbocycles. The zero-order valence-electron chi connectivity index (χ0n) is 17.1. The monoisotopic (exact) mass is 472 g/mol. The van der Waals surface area contributed by atoms with Crippen LogP contribution in [0.5, 0.6) is 0 Å². The minimum absolute atomic E-state index is 0.0711. The van der Waals surface area contributed by atoms with E-state index < -0.39 is 15.9 Å². The lowest BCUT2D eigenvalue weighted by Gasteiger charge is -2.22. The van der Waals surface area contributed by atoms with Crippen molar-refractivity contribution in [3.63, 3.8) is 0 Å². The highest BCUT2D eigenvalue weighted by Crippen LogP contribution is 2.33. The Bertz CT molecular complexity index is 1230. The molecule has 0 aliphatic heterocycles. The minimum atomic E-state index is -3.70. The Morgan fingerprint density at radius 1 is 1.19 bits per heavy atom. The van der Waals surface area contributed by atoms with Crippen LogP contribution in [-0.4, -0.2) is 31.8 Å². The molecule has 3 rings (SSSR count). The fourth-order valence-electron chi connectivity index (χ4n) is 2.82. The van der Waals surface area contributed by atoms with Crippen molar-refractivity contribution >= 4 is 49.8 Å². The Balaban J connectivity index is 2.00. The molecule has 0 atom stereocenters. The van der Waals surface area contributed by atoms with Gasteiger partial charge in [0.15, 0.2) is 5.13 Å². The van der Waals surface area contributed by atoms with Gasteiger partial charge in [-0.2, -0.15) is 5.26 Å². The highest BCUT2D eigenvalue weighted by Gasteiger charge is 2.22. The number of benzene rings is 2. The van der Waals surface area contributed by atoms with Gasteiger partial charge in [-0.1, -0.05) is 12.1 Å². The number of aryl methyl sites for hydroxylation is 1. The van der Waals surface area contributed by atoms with Gasteiger partial charge in [0.2, 0.25) is 10.0 Å². The number of thioether (sulfide) groups is 1. The molecule has 10 heteroatoms. The van der Waals surface area contributed by atoms with Gasteiger partial charge in [-0.25, -0.2) is 18.1 Å². The zero-order valence-corrected chi connectivity index (χ0v) is 19.6. The number of hydrogen-bond donors (Lipinski definition) is 1. The van der Waals surface area contributed by atoms with E-state index >= 15 is 0 Å². The fraction of sp³-hybridized carbons (Fsp3) is 0.190. The summed E-state index contributed by atoms with van der Waals surface area (Å²) in [6.45, 7) is 2.21. The molecular weight excluding hydrogens is 452 g/mol. The van der Waals surface area contributed by atoms with E-state index in [1.54, 1.807) is 30.8 Å². The molecular formula is C21H20N4O3S3. The SMILES string of the molecule is CSc1ccc(CN(c2ccc(C#N)cc2)c2nc(C(=O)NS(C)(=O)=O)c(C)s2)cc1. The Kier molecular flexibility index (Phi) is 7.00. The van der Waals surface area contributed by atoms with E-state index in [0.29, 0.717) is 22.1 Å². The van der Waals surface area contributed by atoms with Crippen LogP contribution in [0.3, 0.4) is 0 Å². The van der Waals surface area contributed by atoms with Gasteiger partial charge in [0.05, 0.1) is 24.4 Å². The molecule has 0 bridgehead atoms. The van der Waals surface area contributed by atoms with Crippen molar-refractivity contribution in [2.45, 2.75) is 18.4 Å². The Hall–Kier alpha value is -2.87. The second-order valence-corrected chi connectivity index (χ2v) is 10.5. The summed E-state index contributed by atoms with van der Waals surface area (Å²) in [6, 6.07) is 17.3. The topological polar surface area (TPSA) is 103 Å². The summed E-state index contributed by atoms with van der Waals surface area (Å²) in [5, 5.41) is 9.64. The number of amides is 1. The van der Waals surface area contributed by atoms with Crippen molar-refractivity contribution in [3.8, 4) is 6.07 Å². The fourth-order valence-corrected chi connectivity index (χ4v) is 4.59. The number of sulfonamides is 1. The van der Waals surface area contributed by atoms with Crippen molar-refractivity contribution in [1.82, 2.24) is 9.71 Å². The van der Waals surface area contributed by atoms with Gasteiger partial charge in [-0.3, -0.25) is 4.79 Å². The summed E-state index contributed by atoms with van der Waals surface area (Å²) in [5.41, 5.74) is 2.45. The van der Waals surface area contributed by atoms with Gasteiger partial charge in [0.1, 0.15) is 5.69 Å². The van der Waals surface area contributed by atoms with E-state index in [9.17, 15) is 13.2 Å². The smallest absolute Gasteiger partial charge is 0.284 e. The molecule has 1 N–H and O–H groups in total. The van der Waals surface area contributed by atoms with Gasteiger partial charge in [0.25, 0.3) is 5.91 Å². The number of rotatable bonds is 7. The molecule has 3 aromatic rings. The molecule has 0 spiro atoms. The Morgan fingerprint density at radius 2 is 1.84 bits per heavy atom. The summed E-state index contributed by atoms with van der Waals surface area (Å²) in [6.07, 6.45) is 2.94. The van der Waals surface area contributed by atoms with Crippen molar-refractivity contribution in [2.75, 3.05) is 17.4 Å². The van der Waals surface area contributed by atoms with Gasteiger partial charge in [-0.15, -0.1) is 23.1 Å². The predicted octanol–water partition coefficient (Wildman–Crippen LogP) is 4.07. The first-order valence-electron chi connectivity index (χ1n) is 9.10. The Labute approximate surface area is 189 Å². The molecule has 7 nitrogen and oxygen atoms in total. The van der Waals surface area contributed by atoms with Crippen LogP contribution in [0.2, 0.25) is 0 Å².